The van der Waals surface area contributed by atoms with Gasteiger partial charge in [0, 0.05) is 9.58 Å². The number of hydrogen-bond acceptors (Lipinski definition) is 2. The van der Waals surface area contributed by atoms with Gasteiger partial charge in [-0.15, -0.1) is 11.3 Å². The molecule has 20 heavy (non-hydrogen) atoms. The van der Waals surface area contributed by atoms with Crippen molar-refractivity contribution in [2.75, 3.05) is 6.54 Å². The van der Waals surface area contributed by atoms with Gasteiger partial charge >= 0.3 is 0 Å². The average Bonchev–Trinajstić information content (AvgIpc) is 3.08. The summed E-state index contributed by atoms with van der Waals surface area (Å²) in [6.45, 7) is 3.21. The maximum absolute atomic E-state index is 13.3. The van der Waals surface area contributed by atoms with E-state index in [0.29, 0.717) is 6.04 Å². The molecule has 1 aromatic heterocycles. The summed E-state index contributed by atoms with van der Waals surface area (Å²) < 4.78 is 14.4. The van der Waals surface area contributed by atoms with Crippen LogP contribution in [0.5, 0.6) is 0 Å². The summed E-state index contributed by atoms with van der Waals surface area (Å²) in [5.74, 6) is -0.149. The number of hydrogen-bond donors (Lipinski definition) is 1. The molecule has 3 rings (SSSR count). The molecule has 0 spiro atoms. The van der Waals surface area contributed by atoms with Crippen molar-refractivity contribution in [3.63, 3.8) is 0 Å². The van der Waals surface area contributed by atoms with E-state index in [9.17, 15) is 4.39 Å². The topological polar surface area (TPSA) is 12.0 Å². The molecule has 1 atom stereocenters. The number of benzene rings is 1. The van der Waals surface area contributed by atoms with Crippen molar-refractivity contribution in [1.82, 2.24) is 5.32 Å². The first-order chi connectivity index (χ1) is 9.78. The van der Waals surface area contributed by atoms with E-state index in [-0.39, 0.29) is 5.82 Å². The second-order valence-electron chi connectivity index (χ2n) is 5.39. The third-order valence-electron chi connectivity index (χ3n) is 3.83. The van der Waals surface area contributed by atoms with Crippen LogP contribution in [0.1, 0.15) is 43.5 Å². The van der Waals surface area contributed by atoms with Crippen LogP contribution < -0.4 is 5.32 Å². The fraction of sp³-hybridized carbons (Fsp3) is 0.412. The van der Waals surface area contributed by atoms with Crippen LogP contribution in [0.25, 0.3) is 10.1 Å². The van der Waals surface area contributed by atoms with Crippen molar-refractivity contribution in [1.29, 1.82) is 0 Å². The van der Waals surface area contributed by atoms with Crippen LogP contribution in [0, 0.1) is 5.82 Å². The van der Waals surface area contributed by atoms with Crippen molar-refractivity contribution in [3.8, 4) is 0 Å². The molecule has 1 aliphatic rings. The smallest absolute Gasteiger partial charge is 0.124 e. The first kappa shape index (κ1) is 13.8. The van der Waals surface area contributed by atoms with Gasteiger partial charge in [-0.25, -0.2) is 4.39 Å². The van der Waals surface area contributed by atoms with Gasteiger partial charge in [-0.3, -0.25) is 0 Å². The highest BCUT2D eigenvalue weighted by Gasteiger charge is 2.20. The Balaban J connectivity index is 1.95. The van der Waals surface area contributed by atoms with Crippen molar-refractivity contribution < 1.29 is 4.39 Å². The Morgan fingerprint density at radius 1 is 1.35 bits per heavy atom. The van der Waals surface area contributed by atoms with Gasteiger partial charge in [0.25, 0.3) is 0 Å². The lowest BCUT2D eigenvalue weighted by molar-refractivity contribution is 0.586. The van der Waals surface area contributed by atoms with Crippen LogP contribution in [0.15, 0.2) is 35.9 Å². The normalized spacial score (nSPS) is 16.6. The Morgan fingerprint density at radius 3 is 3.00 bits per heavy atom. The first-order valence-corrected chi connectivity index (χ1v) is 8.21. The number of nitrogens with one attached hydrogen (secondary N) is 1. The summed E-state index contributed by atoms with van der Waals surface area (Å²) in [4.78, 5) is 1.31. The molecule has 1 aliphatic carbocycles. The highest BCUT2D eigenvalue weighted by Crippen LogP contribution is 2.37. The molecule has 0 amide bonds. The molecule has 1 aromatic carbocycles. The minimum atomic E-state index is -0.149. The summed E-state index contributed by atoms with van der Waals surface area (Å²) in [7, 11) is 0. The lowest BCUT2D eigenvalue weighted by atomic mass is 10.0. The molecule has 3 heteroatoms. The van der Waals surface area contributed by atoms with Crippen LogP contribution in [0.3, 0.4) is 0 Å². The Hall–Kier alpha value is -1.19. The SMILES string of the molecule is CCCNC(C1=CCCC1)c1cc2ccc(F)cc2s1. The van der Waals surface area contributed by atoms with Gasteiger partial charge in [-0.1, -0.05) is 24.6 Å². The second kappa shape index (κ2) is 6.06. The van der Waals surface area contributed by atoms with Gasteiger partial charge in [0.2, 0.25) is 0 Å². The Labute approximate surface area is 123 Å². The van der Waals surface area contributed by atoms with E-state index in [2.05, 4.69) is 24.4 Å². The predicted octanol–water partition coefficient (Wildman–Crippen LogP) is 5.19. The van der Waals surface area contributed by atoms with E-state index in [0.717, 1.165) is 23.1 Å². The van der Waals surface area contributed by atoms with E-state index in [4.69, 9.17) is 0 Å². The van der Waals surface area contributed by atoms with Crippen molar-refractivity contribution in [2.45, 2.75) is 38.6 Å². The number of allylic oxidation sites excluding steroid dienone is 1. The van der Waals surface area contributed by atoms with Crippen LogP contribution in [0.2, 0.25) is 0 Å². The maximum Gasteiger partial charge on any atom is 0.124 e. The average molecular weight is 289 g/mol. The van der Waals surface area contributed by atoms with Gasteiger partial charge in [0.1, 0.15) is 5.82 Å². The fourth-order valence-electron chi connectivity index (χ4n) is 2.83. The molecule has 0 saturated heterocycles. The molecule has 1 N–H and O–H groups in total. The Morgan fingerprint density at radius 2 is 2.25 bits per heavy atom. The zero-order valence-electron chi connectivity index (χ0n) is 11.8. The summed E-state index contributed by atoms with van der Waals surface area (Å²) in [6.07, 6.45) is 7.14. The van der Waals surface area contributed by atoms with E-state index in [1.54, 1.807) is 23.5 Å². The summed E-state index contributed by atoms with van der Waals surface area (Å²) in [5, 5.41) is 4.80. The standard InChI is InChI=1S/C17H20FNS/c1-2-9-19-17(12-5-3-4-6-12)16-10-13-7-8-14(18)11-15(13)20-16/h5,7-8,10-11,17,19H,2-4,6,9H2,1H3. The van der Waals surface area contributed by atoms with Crippen molar-refractivity contribution in [3.05, 3.63) is 46.6 Å². The fourth-order valence-corrected chi connectivity index (χ4v) is 4.04. The van der Waals surface area contributed by atoms with Crippen LogP contribution in [-0.4, -0.2) is 6.54 Å². The van der Waals surface area contributed by atoms with Crippen LogP contribution in [-0.2, 0) is 0 Å². The van der Waals surface area contributed by atoms with Crippen molar-refractivity contribution in [2.24, 2.45) is 0 Å². The van der Waals surface area contributed by atoms with Gasteiger partial charge in [0.05, 0.1) is 6.04 Å². The lowest BCUT2D eigenvalue weighted by Crippen LogP contribution is -2.22. The molecule has 1 unspecified atom stereocenters. The van der Waals surface area contributed by atoms with Crippen LogP contribution >= 0.6 is 11.3 Å². The number of halogens is 1. The highest BCUT2D eigenvalue weighted by molar-refractivity contribution is 7.19. The molecular formula is C17H20FNS. The monoisotopic (exact) mass is 289 g/mol. The molecule has 0 bridgehead atoms. The summed E-state index contributed by atoms with van der Waals surface area (Å²) in [6, 6.07) is 7.60. The molecular weight excluding hydrogens is 269 g/mol. The number of rotatable bonds is 5. The largest absolute Gasteiger partial charge is 0.306 e. The van der Waals surface area contributed by atoms with E-state index in [1.165, 1.54) is 29.7 Å². The van der Waals surface area contributed by atoms with E-state index < -0.39 is 0 Å². The zero-order valence-corrected chi connectivity index (χ0v) is 12.6. The maximum atomic E-state index is 13.3. The molecule has 0 saturated carbocycles. The van der Waals surface area contributed by atoms with E-state index in [1.807, 2.05) is 6.07 Å². The molecule has 106 valence electrons. The van der Waals surface area contributed by atoms with Gasteiger partial charge in [0.15, 0.2) is 0 Å². The molecule has 0 aliphatic heterocycles. The first-order valence-electron chi connectivity index (χ1n) is 7.39. The zero-order chi connectivity index (χ0) is 13.9. The minimum Gasteiger partial charge on any atom is -0.306 e. The second-order valence-corrected chi connectivity index (χ2v) is 6.50. The van der Waals surface area contributed by atoms with Crippen LogP contribution in [0.4, 0.5) is 4.39 Å². The third kappa shape index (κ3) is 2.79. The van der Waals surface area contributed by atoms with Gasteiger partial charge in [-0.05, 0) is 55.8 Å². The minimum absolute atomic E-state index is 0.149. The molecule has 2 aromatic rings. The quantitative estimate of drug-likeness (QED) is 0.747. The predicted molar refractivity (Wildman–Crippen MR) is 84.8 cm³/mol. The molecule has 1 heterocycles. The summed E-state index contributed by atoms with van der Waals surface area (Å²) in [5.41, 5.74) is 1.51. The van der Waals surface area contributed by atoms with E-state index >= 15 is 0 Å². The van der Waals surface area contributed by atoms with Gasteiger partial charge < -0.3 is 5.32 Å². The Bertz CT molecular complexity index is 629. The van der Waals surface area contributed by atoms with Gasteiger partial charge in [-0.2, -0.15) is 0 Å². The molecule has 1 nitrogen and oxygen atoms in total. The third-order valence-corrected chi connectivity index (χ3v) is 4.99. The number of fused-ring (bicyclic) bond motifs is 1. The number of thiophene rings is 1. The van der Waals surface area contributed by atoms with Crippen molar-refractivity contribution >= 4 is 21.4 Å². The Kier molecular flexibility index (Phi) is 4.18. The molecule has 0 radical (unpaired) electrons. The lowest BCUT2D eigenvalue weighted by Gasteiger charge is -2.18. The molecule has 0 fully saturated rings. The summed E-state index contributed by atoms with van der Waals surface area (Å²) >= 11 is 1.71. The highest BCUT2D eigenvalue weighted by atomic mass is 32.1.